The van der Waals surface area contributed by atoms with Crippen LogP contribution in [0.15, 0.2) is 24.3 Å². The monoisotopic (exact) mass is 331 g/mol. The van der Waals surface area contributed by atoms with Crippen LogP contribution in [-0.2, 0) is 5.54 Å². The summed E-state index contributed by atoms with van der Waals surface area (Å²) in [4.78, 5) is 2.53. The summed E-state index contributed by atoms with van der Waals surface area (Å²) in [6.45, 7) is 6.59. The van der Waals surface area contributed by atoms with Gasteiger partial charge in [-0.15, -0.1) is 0 Å². The van der Waals surface area contributed by atoms with Gasteiger partial charge < -0.3 is 21.1 Å². The van der Waals surface area contributed by atoms with Crippen molar-refractivity contribution in [2.24, 2.45) is 11.5 Å². The zero-order valence-corrected chi connectivity index (χ0v) is 15.1. The van der Waals surface area contributed by atoms with Crippen LogP contribution in [0.2, 0.25) is 0 Å². The van der Waals surface area contributed by atoms with Crippen molar-refractivity contribution in [1.29, 1.82) is 0 Å². The maximum atomic E-state index is 6.64. The Kier molecular flexibility index (Phi) is 5.48. The Hall–Kier alpha value is -1.10. The minimum absolute atomic E-state index is 0.0543. The van der Waals surface area contributed by atoms with Gasteiger partial charge in [-0.25, -0.2) is 0 Å². The molecule has 134 valence electrons. The Morgan fingerprint density at radius 2 is 1.62 bits per heavy atom. The third-order valence-electron chi connectivity index (χ3n) is 5.80. The maximum Gasteiger partial charge on any atom is 0.119 e. The molecule has 4 N–H and O–H groups in total. The van der Waals surface area contributed by atoms with Crippen molar-refractivity contribution in [1.82, 2.24) is 4.90 Å². The van der Waals surface area contributed by atoms with E-state index >= 15 is 0 Å². The molecule has 0 aromatic heterocycles. The summed E-state index contributed by atoms with van der Waals surface area (Å²) in [7, 11) is 0. The lowest BCUT2D eigenvalue weighted by Crippen LogP contribution is -2.49. The Balaban J connectivity index is 1.46. The van der Waals surface area contributed by atoms with E-state index in [1.807, 2.05) is 0 Å². The summed E-state index contributed by atoms with van der Waals surface area (Å²) < 4.78 is 5.89. The number of hydrogen-bond donors (Lipinski definition) is 2. The van der Waals surface area contributed by atoms with Crippen LogP contribution >= 0.6 is 0 Å². The molecular weight excluding hydrogens is 298 g/mol. The third-order valence-corrected chi connectivity index (χ3v) is 5.80. The maximum absolute atomic E-state index is 6.64. The SMILES string of the molecule is CC1(N)CCC(N)(c2ccc(OCCCN3CCCC3)cc2)CC1. The highest BCUT2D eigenvalue weighted by atomic mass is 16.5. The summed E-state index contributed by atoms with van der Waals surface area (Å²) >= 11 is 0. The molecule has 1 aliphatic heterocycles. The van der Waals surface area contributed by atoms with Gasteiger partial charge in [0, 0.05) is 17.6 Å². The van der Waals surface area contributed by atoms with E-state index in [1.54, 1.807) is 0 Å². The van der Waals surface area contributed by atoms with E-state index in [0.29, 0.717) is 0 Å². The molecule has 1 heterocycles. The quantitative estimate of drug-likeness (QED) is 0.787. The molecule has 0 bridgehead atoms. The van der Waals surface area contributed by atoms with Crippen molar-refractivity contribution >= 4 is 0 Å². The summed E-state index contributed by atoms with van der Waals surface area (Å²) in [5.41, 5.74) is 13.8. The first kappa shape index (κ1) is 17.7. The summed E-state index contributed by atoms with van der Waals surface area (Å²) in [5, 5.41) is 0. The minimum atomic E-state index is -0.229. The molecule has 0 atom stereocenters. The molecule has 1 saturated carbocycles. The Labute approximate surface area is 146 Å². The van der Waals surface area contributed by atoms with Crippen LogP contribution < -0.4 is 16.2 Å². The molecule has 3 rings (SSSR count). The van der Waals surface area contributed by atoms with Crippen molar-refractivity contribution in [3.8, 4) is 5.75 Å². The fourth-order valence-corrected chi connectivity index (χ4v) is 3.92. The van der Waals surface area contributed by atoms with Gasteiger partial charge in [-0.2, -0.15) is 0 Å². The molecule has 4 heteroatoms. The minimum Gasteiger partial charge on any atom is -0.494 e. The number of ether oxygens (including phenoxy) is 1. The van der Waals surface area contributed by atoms with Gasteiger partial charge in [0.15, 0.2) is 0 Å². The van der Waals surface area contributed by atoms with Crippen LogP contribution in [0.3, 0.4) is 0 Å². The van der Waals surface area contributed by atoms with Crippen molar-refractivity contribution < 1.29 is 4.74 Å². The Morgan fingerprint density at radius 3 is 2.25 bits per heavy atom. The molecule has 0 amide bonds. The lowest BCUT2D eigenvalue weighted by atomic mass is 9.71. The number of hydrogen-bond acceptors (Lipinski definition) is 4. The van der Waals surface area contributed by atoms with Crippen molar-refractivity contribution in [2.45, 2.75) is 62.9 Å². The second-order valence-electron chi connectivity index (χ2n) is 8.09. The Morgan fingerprint density at radius 1 is 1.00 bits per heavy atom. The number of nitrogens with zero attached hydrogens (tertiary/aromatic N) is 1. The van der Waals surface area contributed by atoms with Gasteiger partial charge in [0.2, 0.25) is 0 Å². The molecule has 1 aliphatic carbocycles. The number of likely N-dealkylation sites (tertiary alicyclic amines) is 1. The van der Waals surface area contributed by atoms with E-state index in [2.05, 4.69) is 36.1 Å². The standard InChI is InChI=1S/C20H33N3O/c1-19(21)9-11-20(22,12-10-19)17-5-7-18(8-6-17)24-16-4-15-23-13-2-3-14-23/h5-8H,2-4,9-16,21-22H2,1H3. The first-order chi connectivity index (χ1) is 11.5. The zero-order chi connectivity index (χ0) is 17.0. The van der Waals surface area contributed by atoms with Gasteiger partial charge in [-0.1, -0.05) is 12.1 Å². The normalized spacial score (nSPS) is 31.3. The van der Waals surface area contributed by atoms with Crippen molar-refractivity contribution in [3.05, 3.63) is 29.8 Å². The van der Waals surface area contributed by atoms with Crippen LogP contribution in [-0.4, -0.2) is 36.7 Å². The second kappa shape index (κ2) is 7.42. The van der Waals surface area contributed by atoms with Gasteiger partial charge in [-0.3, -0.25) is 0 Å². The topological polar surface area (TPSA) is 64.5 Å². The van der Waals surface area contributed by atoms with E-state index < -0.39 is 0 Å². The van der Waals surface area contributed by atoms with E-state index in [9.17, 15) is 0 Å². The fraction of sp³-hybridized carbons (Fsp3) is 0.700. The average molecular weight is 332 g/mol. The fourth-order valence-electron chi connectivity index (χ4n) is 3.92. The van der Waals surface area contributed by atoms with Crippen LogP contribution in [0.1, 0.15) is 57.4 Å². The van der Waals surface area contributed by atoms with E-state index in [1.165, 1.54) is 31.5 Å². The van der Waals surface area contributed by atoms with Crippen LogP contribution in [0.25, 0.3) is 0 Å². The molecule has 0 spiro atoms. The lowest BCUT2D eigenvalue weighted by Gasteiger charge is -2.41. The molecule has 1 aromatic carbocycles. The molecule has 1 saturated heterocycles. The van der Waals surface area contributed by atoms with Crippen LogP contribution in [0, 0.1) is 0 Å². The Bertz CT molecular complexity index is 510. The molecule has 1 aromatic rings. The molecule has 4 nitrogen and oxygen atoms in total. The number of rotatable bonds is 6. The summed E-state index contributed by atoms with van der Waals surface area (Å²) in [5.74, 6) is 0.947. The zero-order valence-electron chi connectivity index (χ0n) is 15.1. The van der Waals surface area contributed by atoms with Gasteiger partial charge >= 0.3 is 0 Å². The summed E-state index contributed by atoms with van der Waals surface area (Å²) in [6.07, 6.45) is 7.68. The van der Waals surface area contributed by atoms with Gasteiger partial charge in [0.05, 0.1) is 6.61 Å². The molecule has 0 radical (unpaired) electrons. The molecule has 0 unspecified atom stereocenters. The largest absolute Gasteiger partial charge is 0.494 e. The van der Waals surface area contributed by atoms with E-state index in [0.717, 1.165) is 51.0 Å². The number of benzene rings is 1. The molecule has 2 fully saturated rings. The highest BCUT2D eigenvalue weighted by molar-refractivity contribution is 5.32. The van der Waals surface area contributed by atoms with Crippen molar-refractivity contribution in [2.75, 3.05) is 26.2 Å². The van der Waals surface area contributed by atoms with E-state index in [4.69, 9.17) is 16.2 Å². The summed E-state index contributed by atoms with van der Waals surface area (Å²) in [6, 6.07) is 8.40. The third kappa shape index (κ3) is 4.50. The molecular formula is C20H33N3O. The van der Waals surface area contributed by atoms with Gasteiger partial charge in [-0.05, 0) is 82.7 Å². The average Bonchev–Trinajstić information content (AvgIpc) is 3.09. The second-order valence-corrected chi connectivity index (χ2v) is 8.09. The molecule has 2 aliphatic rings. The van der Waals surface area contributed by atoms with Gasteiger partial charge in [0.25, 0.3) is 0 Å². The lowest BCUT2D eigenvalue weighted by molar-refractivity contribution is 0.216. The van der Waals surface area contributed by atoms with Crippen LogP contribution in [0.4, 0.5) is 0 Å². The molecule has 24 heavy (non-hydrogen) atoms. The van der Waals surface area contributed by atoms with Crippen LogP contribution in [0.5, 0.6) is 5.75 Å². The highest BCUT2D eigenvalue weighted by Gasteiger charge is 2.36. The first-order valence-corrected chi connectivity index (χ1v) is 9.50. The highest BCUT2D eigenvalue weighted by Crippen LogP contribution is 2.38. The first-order valence-electron chi connectivity index (χ1n) is 9.50. The predicted octanol–water partition coefficient (Wildman–Crippen LogP) is 3.00. The van der Waals surface area contributed by atoms with E-state index in [-0.39, 0.29) is 11.1 Å². The predicted molar refractivity (Wildman–Crippen MR) is 99.2 cm³/mol. The van der Waals surface area contributed by atoms with Gasteiger partial charge in [0.1, 0.15) is 5.75 Å². The smallest absolute Gasteiger partial charge is 0.119 e. The number of nitrogens with two attached hydrogens (primary N) is 2. The van der Waals surface area contributed by atoms with Crippen molar-refractivity contribution in [3.63, 3.8) is 0 Å².